The number of rotatable bonds is 3. The van der Waals surface area contributed by atoms with E-state index in [0.29, 0.717) is 17.5 Å². The molecule has 19 heavy (non-hydrogen) atoms. The normalized spacial score (nSPS) is 10.6. The maximum atomic E-state index is 5.13. The maximum Gasteiger partial charge on any atom is 0.218 e. The van der Waals surface area contributed by atoms with Gasteiger partial charge in [-0.05, 0) is 25.1 Å². The second-order valence-corrected chi connectivity index (χ2v) is 4.14. The van der Waals surface area contributed by atoms with Gasteiger partial charge in [-0.25, -0.2) is 4.98 Å². The fourth-order valence-electron chi connectivity index (χ4n) is 1.88. The summed E-state index contributed by atoms with van der Waals surface area (Å²) in [5.41, 5.74) is 1.94. The topological polar surface area (TPSA) is 75.7 Å². The lowest BCUT2D eigenvalue weighted by Crippen LogP contribution is -1.99. The first-order chi connectivity index (χ1) is 9.24. The minimum absolute atomic E-state index is 0.541. The standard InChI is InChI=1S/C13H13N5O/c1-8-15-12(6-13(16-8)19-2)17-10-3-4-11-9(5-10)7-14-18-11/h3-7H,1-2H3,(H,14,18)(H,15,16,17). The largest absolute Gasteiger partial charge is 0.481 e. The number of methoxy groups -OCH3 is 1. The molecular formula is C13H13N5O. The van der Waals surface area contributed by atoms with Crippen molar-refractivity contribution in [3.8, 4) is 5.88 Å². The van der Waals surface area contributed by atoms with Gasteiger partial charge in [-0.3, -0.25) is 5.10 Å². The van der Waals surface area contributed by atoms with E-state index >= 15 is 0 Å². The third-order valence-corrected chi connectivity index (χ3v) is 2.74. The van der Waals surface area contributed by atoms with Gasteiger partial charge in [0.05, 0.1) is 18.8 Å². The molecule has 0 aliphatic heterocycles. The molecular weight excluding hydrogens is 242 g/mol. The van der Waals surface area contributed by atoms with E-state index in [4.69, 9.17) is 4.74 Å². The van der Waals surface area contributed by atoms with Crippen LogP contribution < -0.4 is 10.1 Å². The highest BCUT2D eigenvalue weighted by molar-refractivity contribution is 5.82. The van der Waals surface area contributed by atoms with Crippen LogP contribution in [0.3, 0.4) is 0 Å². The van der Waals surface area contributed by atoms with Gasteiger partial charge in [0.25, 0.3) is 0 Å². The fraction of sp³-hybridized carbons (Fsp3) is 0.154. The Morgan fingerprint density at radius 1 is 1.21 bits per heavy atom. The summed E-state index contributed by atoms with van der Waals surface area (Å²) in [4.78, 5) is 8.47. The van der Waals surface area contributed by atoms with E-state index in [2.05, 4.69) is 25.5 Å². The summed E-state index contributed by atoms with van der Waals surface area (Å²) in [6.45, 7) is 1.83. The molecule has 0 bridgehead atoms. The van der Waals surface area contributed by atoms with Gasteiger partial charge in [-0.15, -0.1) is 0 Å². The molecule has 0 unspecified atom stereocenters. The highest BCUT2D eigenvalue weighted by atomic mass is 16.5. The summed E-state index contributed by atoms with van der Waals surface area (Å²) in [5, 5.41) is 11.2. The van der Waals surface area contributed by atoms with Crippen molar-refractivity contribution < 1.29 is 4.74 Å². The van der Waals surface area contributed by atoms with E-state index in [1.54, 1.807) is 19.4 Å². The molecule has 3 rings (SSSR count). The second-order valence-electron chi connectivity index (χ2n) is 4.14. The third-order valence-electron chi connectivity index (χ3n) is 2.74. The second kappa shape index (κ2) is 4.56. The fourth-order valence-corrected chi connectivity index (χ4v) is 1.88. The van der Waals surface area contributed by atoms with Crippen LogP contribution in [0.2, 0.25) is 0 Å². The third kappa shape index (κ3) is 2.33. The van der Waals surface area contributed by atoms with Gasteiger partial charge in [0.1, 0.15) is 11.6 Å². The van der Waals surface area contributed by atoms with Crippen molar-refractivity contribution in [2.45, 2.75) is 6.92 Å². The zero-order valence-electron chi connectivity index (χ0n) is 10.6. The summed E-state index contributed by atoms with van der Waals surface area (Å²) in [7, 11) is 1.59. The monoisotopic (exact) mass is 255 g/mol. The lowest BCUT2D eigenvalue weighted by molar-refractivity contribution is 0.396. The highest BCUT2D eigenvalue weighted by Gasteiger charge is 2.03. The number of nitrogens with zero attached hydrogens (tertiary/aromatic N) is 3. The van der Waals surface area contributed by atoms with Crippen molar-refractivity contribution in [2.24, 2.45) is 0 Å². The molecule has 0 fully saturated rings. The number of anilines is 2. The molecule has 0 aliphatic carbocycles. The Morgan fingerprint density at radius 3 is 2.95 bits per heavy atom. The van der Waals surface area contributed by atoms with E-state index in [0.717, 1.165) is 16.6 Å². The zero-order valence-corrected chi connectivity index (χ0v) is 10.6. The molecule has 6 nitrogen and oxygen atoms in total. The van der Waals surface area contributed by atoms with E-state index < -0.39 is 0 Å². The van der Waals surface area contributed by atoms with Crippen molar-refractivity contribution in [2.75, 3.05) is 12.4 Å². The van der Waals surface area contributed by atoms with Crippen LogP contribution >= 0.6 is 0 Å². The van der Waals surface area contributed by atoms with Crippen molar-refractivity contribution in [3.05, 3.63) is 36.3 Å². The minimum atomic E-state index is 0.541. The number of hydrogen-bond acceptors (Lipinski definition) is 5. The Balaban J connectivity index is 1.93. The molecule has 0 atom stereocenters. The molecule has 0 saturated carbocycles. The number of hydrogen-bond donors (Lipinski definition) is 2. The van der Waals surface area contributed by atoms with Crippen LogP contribution in [0.15, 0.2) is 30.5 Å². The van der Waals surface area contributed by atoms with Gasteiger partial charge in [0, 0.05) is 17.1 Å². The lowest BCUT2D eigenvalue weighted by atomic mass is 10.2. The molecule has 6 heteroatoms. The summed E-state index contributed by atoms with van der Waals surface area (Å²) >= 11 is 0. The molecule has 0 saturated heterocycles. The maximum absolute atomic E-state index is 5.13. The Morgan fingerprint density at radius 2 is 2.11 bits per heavy atom. The lowest BCUT2D eigenvalue weighted by Gasteiger charge is -2.08. The molecule has 0 amide bonds. The van der Waals surface area contributed by atoms with Crippen LogP contribution in [0.4, 0.5) is 11.5 Å². The number of fused-ring (bicyclic) bond motifs is 1. The van der Waals surface area contributed by atoms with Gasteiger partial charge < -0.3 is 10.1 Å². The summed E-state index contributed by atoms with van der Waals surface area (Å²) < 4.78 is 5.13. The number of H-pyrrole nitrogens is 1. The van der Waals surface area contributed by atoms with Crippen LogP contribution in [0, 0.1) is 6.92 Å². The molecule has 2 N–H and O–H groups in total. The number of aromatic amines is 1. The smallest absolute Gasteiger partial charge is 0.218 e. The average molecular weight is 255 g/mol. The number of aryl methyl sites for hydroxylation is 1. The Bertz CT molecular complexity index is 722. The highest BCUT2D eigenvalue weighted by Crippen LogP contribution is 2.21. The van der Waals surface area contributed by atoms with E-state index in [1.807, 2.05) is 25.1 Å². The molecule has 2 aromatic heterocycles. The summed E-state index contributed by atoms with van der Waals surface area (Å²) in [5.74, 6) is 1.90. The first kappa shape index (κ1) is 11.5. The molecule has 2 heterocycles. The minimum Gasteiger partial charge on any atom is -0.481 e. The van der Waals surface area contributed by atoms with Gasteiger partial charge in [-0.1, -0.05) is 0 Å². The number of aromatic nitrogens is 4. The molecule has 96 valence electrons. The first-order valence-corrected chi connectivity index (χ1v) is 5.84. The van der Waals surface area contributed by atoms with Crippen LogP contribution in [-0.2, 0) is 0 Å². The van der Waals surface area contributed by atoms with E-state index in [9.17, 15) is 0 Å². The quantitative estimate of drug-likeness (QED) is 0.751. The van der Waals surface area contributed by atoms with Crippen LogP contribution in [0.1, 0.15) is 5.82 Å². The van der Waals surface area contributed by atoms with Gasteiger partial charge in [0.15, 0.2) is 0 Å². The molecule has 0 radical (unpaired) electrons. The Kier molecular flexibility index (Phi) is 2.75. The van der Waals surface area contributed by atoms with Crippen LogP contribution in [0.5, 0.6) is 5.88 Å². The van der Waals surface area contributed by atoms with Gasteiger partial charge in [0.2, 0.25) is 5.88 Å². The SMILES string of the molecule is COc1cc(Nc2ccc3[nH]ncc3c2)nc(C)n1. The molecule has 0 spiro atoms. The van der Waals surface area contributed by atoms with E-state index in [-0.39, 0.29) is 0 Å². The van der Waals surface area contributed by atoms with Crippen molar-refractivity contribution in [3.63, 3.8) is 0 Å². The molecule has 1 aromatic carbocycles. The average Bonchev–Trinajstić information content (AvgIpc) is 2.85. The molecule has 3 aromatic rings. The van der Waals surface area contributed by atoms with E-state index in [1.165, 1.54) is 0 Å². The van der Waals surface area contributed by atoms with Gasteiger partial charge >= 0.3 is 0 Å². The van der Waals surface area contributed by atoms with Gasteiger partial charge in [-0.2, -0.15) is 10.1 Å². The number of benzene rings is 1. The molecule has 0 aliphatic rings. The summed E-state index contributed by atoms with van der Waals surface area (Å²) in [6, 6.07) is 7.69. The van der Waals surface area contributed by atoms with Crippen LogP contribution in [0.25, 0.3) is 10.9 Å². The Labute approximate surface area is 109 Å². The predicted octanol–water partition coefficient (Wildman–Crippen LogP) is 2.41. The number of nitrogens with one attached hydrogen (secondary N) is 2. The number of ether oxygens (including phenoxy) is 1. The van der Waals surface area contributed by atoms with Crippen molar-refractivity contribution in [1.82, 2.24) is 20.2 Å². The zero-order chi connectivity index (χ0) is 13.2. The van der Waals surface area contributed by atoms with Crippen molar-refractivity contribution in [1.29, 1.82) is 0 Å². The predicted molar refractivity (Wildman–Crippen MR) is 72.7 cm³/mol. The Hall–Kier alpha value is -2.63. The van der Waals surface area contributed by atoms with Crippen molar-refractivity contribution >= 4 is 22.4 Å². The van der Waals surface area contributed by atoms with Crippen LogP contribution in [-0.4, -0.2) is 27.3 Å². The first-order valence-electron chi connectivity index (χ1n) is 5.84. The summed E-state index contributed by atoms with van der Waals surface area (Å²) in [6.07, 6.45) is 1.78.